The molecule has 0 amide bonds. The number of nitrogens with zero attached hydrogens (tertiary/aromatic N) is 1. The molecule has 1 atom stereocenters. The van der Waals surface area contributed by atoms with Crippen LogP contribution in [0.2, 0.25) is 0 Å². The summed E-state index contributed by atoms with van der Waals surface area (Å²) in [6.45, 7) is 2.88. The van der Waals surface area contributed by atoms with Gasteiger partial charge in [-0.3, -0.25) is 0 Å². The van der Waals surface area contributed by atoms with E-state index in [0.717, 1.165) is 12.3 Å². The fraction of sp³-hybridized carbons (Fsp3) is 0.455. The smallest absolute Gasteiger partial charge is 0.337 e. The van der Waals surface area contributed by atoms with Crippen LogP contribution in [0.15, 0.2) is 12.3 Å². The maximum absolute atomic E-state index is 10.9. The zero-order valence-electron chi connectivity index (χ0n) is 9.93. The highest BCUT2D eigenvalue weighted by molar-refractivity contribution is 7.98. The van der Waals surface area contributed by atoms with Crippen molar-refractivity contribution < 1.29 is 9.90 Å². The Balaban J connectivity index is 2.66. The minimum atomic E-state index is -1.04. The second-order valence-corrected chi connectivity index (χ2v) is 4.81. The van der Waals surface area contributed by atoms with Crippen molar-refractivity contribution in [1.29, 1.82) is 0 Å². The highest BCUT2D eigenvalue weighted by Gasteiger charge is 2.10. The number of pyridine rings is 1. The van der Waals surface area contributed by atoms with Gasteiger partial charge in [0.15, 0.2) is 0 Å². The van der Waals surface area contributed by atoms with E-state index in [1.807, 2.05) is 0 Å². The van der Waals surface area contributed by atoms with Crippen LogP contribution in [0.3, 0.4) is 0 Å². The molecule has 4 N–H and O–H groups in total. The van der Waals surface area contributed by atoms with E-state index in [2.05, 4.69) is 23.5 Å². The van der Waals surface area contributed by atoms with Crippen molar-refractivity contribution in [2.75, 3.05) is 29.6 Å². The Hall–Kier alpha value is -1.43. The molecular weight excluding hydrogens is 238 g/mol. The van der Waals surface area contributed by atoms with Gasteiger partial charge in [0.2, 0.25) is 0 Å². The quantitative estimate of drug-likeness (QED) is 0.718. The predicted molar refractivity (Wildman–Crippen MR) is 71.6 cm³/mol. The summed E-state index contributed by atoms with van der Waals surface area (Å²) in [5.41, 5.74) is 5.78. The Labute approximate surface area is 105 Å². The zero-order chi connectivity index (χ0) is 12.8. The normalized spacial score (nSPS) is 12.1. The van der Waals surface area contributed by atoms with Crippen LogP contribution in [-0.2, 0) is 0 Å². The lowest BCUT2D eigenvalue weighted by Gasteiger charge is -2.12. The van der Waals surface area contributed by atoms with Gasteiger partial charge >= 0.3 is 5.97 Å². The number of carboxylic acids is 1. The van der Waals surface area contributed by atoms with E-state index in [1.165, 1.54) is 12.3 Å². The van der Waals surface area contributed by atoms with E-state index in [1.54, 1.807) is 11.8 Å². The monoisotopic (exact) mass is 255 g/mol. The number of carboxylic acid groups (broad SMARTS) is 1. The Bertz CT molecular complexity index is 398. The number of hydrogen-bond donors (Lipinski definition) is 3. The summed E-state index contributed by atoms with van der Waals surface area (Å²) in [6, 6.07) is 1.46. The number of nitrogens with two attached hydrogens (primary N) is 1. The predicted octanol–water partition coefficient (Wildman–Crippen LogP) is 1.77. The number of thioether (sulfide) groups is 1. The van der Waals surface area contributed by atoms with Crippen LogP contribution in [0.5, 0.6) is 0 Å². The Morgan fingerprint density at radius 3 is 3.00 bits per heavy atom. The Morgan fingerprint density at radius 2 is 2.41 bits per heavy atom. The van der Waals surface area contributed by atoms with Crippen LogP contribution in [0, 0.1) is 5.92 Å². The number of aromatic nitrogens is 1. The highest BCUT2D eigenvalue weighted by Crippen LogP contribution is 2.15. The van der Waals surface area contributed by atoms with Gasteiger partial charge in [-0.15, -0.1) is 0 Å². The van der Waals surface area contributed by atoms with Crippen molar-refractivity contribution in [2.24, 2.45) is 5.92 Å². The molecule has 1 rings (SSSR count). The lowest BCUT2D eigenvalue weighted by Crippen LogP contribution is -2.15. The number of nitrogens with one attached hydrogen (secondary N) is 1. The molecule has 0 fully saturated rings. The fourth-order valence-corrected chi connectivity index (χ4v) is 2.06. The average Bonchev–Trinajstić information content (AvgIpc) is 2.28. The van der Waals surface area contributed by atoms with Crippen molar-refractivity contribution in [1.82, 2.24) is 4.98 Å². The topological polar surface area (TPSA) is 88.2 Å². The van der Waals surface area contributed by atoms with Crippen LogP contribution in [-0.4, -0.2) is 34.6 Å². The van der Waals surface area contributed by atoms with Gasteiger partial charge in [-0.05, 0) is 24.0 Å². The first-order chi connectivity index (χ1) is 8.04. The molecule has 1 aromatic rings. The Kier molecular flexibility index (Phi) is 5.09. The lowest BCUT2D eigenvalue weighted by atomic mass is 10.2. The molecule has 17 heavy (non-hydrogen) atoms. The SMILES string of the molecule is CSCC(C)CNc1cc(C(=O)O)c(N)cn1. The Morgan fingerprint density at radius 1 is 1.71 bits per heavy atom. The maximum atomic E-state index is 10.9. The third-order valence-electron chi connectivity index (χ3n) is 2.25. The van der Waals surface area contributed by atoms with Crippen molar-refractivity contribution in [3.05, 3.63) is 17.8 Å². The number of rotatable bonds is 6. The second kappa shape index (κ2) is 6.34. The molecule has 0 aliphatic rings. The molecule has 6 heteroatoms. The van der Waals surface area contributed by atoms with Gasteiger partial charge in [0.1, 0.15) is 5.82 Å². The number of hydrogen-bond acceptors (Lipinski definition) is 5. The van der Waals surface area contributed by atoms with E-state index in [-0.39, 0.29) is 11.3 Å². The second-order valence-electron chi connectivity index (χ2n) is 3.90. The first-order valence-corrected chi connectivity index (χ1v) is 6.65. The molecule has 0 spiro atoms. The number of carbonyl (C=O) groups is 1. The largest absolute Gasteiger partial charge is 0.478 e. The molecule has 0 aliphatic heterocycles. The van der Waals surface area contributed by atoms with Crippen LogP contribution >= 0.6 is 11.8 Å². The highest BCUT2D eigenvalue weighted by atomic mass is 32.2. The number of anilines is 2. The summed E-state index contributed by atoms with van der Waals surface area (Å²) in [7, 11) is 0. The lowest BCUT2D eigenvalue weighted by molar-refractivity contribution is 0.0698. The number of aromatic carboxylic acids is 1. The first kappa shape index (κ1) is 13.6. The molecule has 0 aromatic carbocycles. The molecule has 1 heterocycles. The average molecular weight is 255 g/mol. The van der Waals surface area contributed by atoms with Gasteiger partial charge < -0.3 is 16.2 Å². The van der Waals surface area contributed by atoms with E-state index in [4.69, 9.17) is 10.8 Å². The summed E-state index contributed by atoms with van der Waals surface area (Å²) in [5.74, 6) is 1.06. The van der Waals surface area contributed by atoms with E-state index >= 15 is 0 Å². The molecular formula is C11H17N3O2S. The summed E-state index contributed by atoms with van der Waals surface area (Å²) >= 11 is 1.78. The number of nitrogen functional groups attached to an aromatic ring is 1. The molecule has 0 saturated carbocycles. The minimum absolute atomic E-state index is 0.0834. The van der Waals surface area contributed by atoms with E-state index < -0.39 is 5.97 Å². The maximum Gasteiger partial charge on any atom is 0.337 e. The third kappa shape index (κ3) is 4.14. The molecule has 0 radical (unpaired) electrons. The molecule has 0 saturated heterocycles. The van der Waals surface area contributed by atoms with Crippen molar-refractivity contribution in [3.63, 3.8) is 0 Å². The molecule has 5 nitrogen and oxygen atoms in total. The van der Waals surface area contributed by atoms with Gasteiger partial charge in [-0.1, -0.05) is 6.92 Å². The molecule has 0 aliphatic carbocycles. The summed E-state index contributed by atoms with van der Waals surface area (Å²) in [5, 5.41) is 12.0. The zero-order valence-corrected chi connectivity index (χ0v) is 10.8. The first-order valence-electron chi connectivity index (χ1n) is 5.26. The summed E-state index contributed by atoms with van der Waals surface area (Å²) in [6.07, 6.45) is 3.42. The van der Waals surface area contributed by atoms with Gasteiger partial charge in [-0.2, -0.15) is 11.8 Å². The fourth-order valence-electron chi connectivity index (χ4n) is 1.37. The molecule has 94 valence electrons. The van der Waals surface area contributed by atoms with Gasteiger partial charge in [0.05, 0.1) is 17.4 Å². The van der Waals surface area contributed by atoms with Crippen LogP contribution in [0.4, 0.5) is 11.5 Å². The molecule has 1 aromatic heterocycles. The van der Waals surface area contributed by atoms with Gasteiger partial charge in [-0.25, -0.2) is 9.78 Å². The molecule has 0 bridgehead atoms. The van der Waals surface area contributed by atoms with Gasteiger partial charge in [0, 0.05) is 6.54 Å². The summed E-state index contributed by atoms with van der Waals surface area (Å²) < 4.78 is 0. The third-order valence-corrected chi connectivity index (χ3v) is 3.15. The van der Waals surface area contributed by atoms with E-state index in [0.29, 0.717) is 11.7 Å². The van der Waals surface area contributed by atoms with Crippen LogP contribution in [0.1, 0.15) is 17.3 Å². The van der Waals surface area contributed by atoms with Crippen molar-refractivity contribution in [2.45, 2.75) is 6.92 Å². The van der Waals surface area contributed by atoms with Gasteiger partial charge in [0.25, 0.3) is 0 Å². The van der Waals surface area contributed by atoms with Crippen molar-refractivity contribution >= 4 is 29.2 Å². The van der Waals surface area contributed by atoms with Crippen LogP contribution in [0.25, 0.3) is 0 Å². The van der Waals surface area contributed by atoms with E-state index in [9.17, 15) is 4.79 Å². The standard InChI is InChI=1S/C11H17N3O2S/c1-7(6-17-2)4-13-10-3-8(11(15)16)9(12)5-14-10/h3,5,7H,4,6,12H2,1-2H3,(H,13,14)(H,15,16). The molecule has 1 unspecified atom stereocenters. The summed E-state index contributed by atoms with van der Waals surface area (Å²) in [4.78, 5) is 14.9. The van der Waals surface area contributed by atoms with Crippen LogP contribution < -0.4 is 11.1 Å². The minimum Gasteiger partial charge on any atom is -0.478 e. The van der Waals surface area contributed by atoms with Crippen molar-refractivity contribution in [3.8, 4) is 0 Å².